The van der Waals surface area contributed by atoms with E-state index < -0.39 is 11.7 Å². The molecule has 0 spiro atoms. The molecule has 2 aromatic carbocycles. The molecule has 0 aliphatic rings. The molecule has 7 heteroatoms. The molecule has 29 heavy (non-hydrogen) atoms. The predicted octanol–water partition coefficient (Wildman–Crippen LogP) is 5.08. The molecule has 146 valence electrons. The molecule has 0 N–H and O–H groups in total. The first kappa shape index (κ1) is 19.0. The number of anilines is 1. The lowest BCUT2D eigenvalue weighted by Gasteiger charge is -2.20. The van der Waals surface area contributed by atoms with Gasteiger partial charge in [-0.2, -0.15) is 0 Å². The molecule has 2 heterocycles. The van der Waals surface area contributed by atoms with Crippen molar-refractivity contribution in [3.63, 3.8) is 0 Å². The average Bonchev–Trinajstić information content (AvgIpc) is 3.16. The first-order valence-corrected chi connectivity index (χ1v) is 9.96. The maximum Gasteiger partial charge on any atom is 0.263 e. The Kier molecular flexibility index (Phi) is 5.48. The molecule has 1 amide bonds. The SMILES string of the molecule is CCOc1ccc2nc(N(Cc3cccnc3)C(=O)c3ccccc3F)sc2c1. The van der Waals surface area contributed by atoms with Gasteiger partial charge in [0.25, 0.3) is 5.91 Å². The number of hydrogen-bond donors (Lipinski definition) is 0. The fraction of sp³-hybridized carbons (Fsp3) is 0.136. The van der Waals surface area contributed by atoms with Crippen LogP contribution < -0.4 is 9.64 Å². The molecule has 0 saturated carbocycles. The van der Waals surface area contributed by atoms with Crippen molar-refractivity contribution in [1.82, 2.24) is 9.97 Å². The summed E-state index contributed by atoms with van der Waals surface area (Å²) in [7, 11) is 0. The van der Waals surface area contributed by atoms with Gasteiger partial charge in [-0.05, 0) is 48.9 Å². The molecule has 0 unspecified atom stereocenters. The van der Waals surface area contributed by atoms with Crippen LogP contribution in [0.5, 0.6) is 5.75 Å². The average molecular weight is 407 g/mol. The standard InChI is InChI=1S/C22H18FN3O2S/c1-2-28-16-9-10-19-20(12-16)29-22(25-19)26(14-15-6-5-11-24-13-15)21(27)17-7-3-4-8-18(17)23/h3-13H,2,14H2,1H3. The minimum atomic E-state index is -0.562. The van der Waals surface area contributed by atoms with E-state index in [1.165, 1.54) is 28.4 Å². The van der Waals surface area contributed by atoms with Crippen LogP contribution in [0, 0.1) is 5.82 Å². The minimum Gasteiger partial charge on any atom is -0.494 e. The quantitative estimate of drug-likeness (QED) is 0.447. The van der Waals surface area contributed by atoms with Gasteiger partial charge in [0, 0.05) is 12.4 Å². The zero-order chi connectivity index (χ0) is 20.2. The van der Waals surface area contributed by atoms with Crippen LogP contribution in [0.2, 0.25) is 0 Å². The second-order valence-electron chi connectivity index (χ2n) is 6.29. The van der Waals surface area contributed by atoms with E-state index in [1.54, 1.807) is 30.6 Å². The number of hydrogen-bond acceptors (Lipinski definition) is 5. The van der Waals surface area contributed by atoms with Crippen molar-refractivity contribution in [2.75, 3.05) is 11.5 Å². The molecule has 0 aliphatic carbocycles. The van der Waals surface area contributed by atoms with Crippen LogP contribution in [0.1, 0.15) is 22.8 Å². The predicted molar refractivity (Wildman–Crippen MR) is 112 cm³/mol. The number of benzene rings is 2. The number of fused-ring (bicyclic) bond motifs is 1. The molecule has 0 aliphatic heterocycles. The first-order chi connectivity index (χ1) is 14.2. The fourth-order valence-electron chi connectivity index (χ4n) is 2.95. The van der Waals surface area contributed by atoms with Gasteiger partial charge < -0.3 is 4.74 Å². The highest BCUT2D eigenvalue weighted by Gasteiger charge is 2.24. The van der Waals surface area contributed by atoms with Crippen LogP contribution in [0.15, 0.2) is 67.0 Å². The van der Waals surface area contributed by atoms with Crippen LogP contribution in [-0.2, 0) is 6.54 Å². The Balaban J connectivity index is 1.76. The molecule has 0 atom stereocenters. The zero-order valence-electron chi connectivity index (χ0n) is 15.7. The van der Waals surface area contributed by atoms with E-state index in [2.05, 4.69) is 9.97 Å². The highest BCUT2D eigenvalue weighted by molar-refractivity contribution is 7.22. The van der Waals surface area contributed by atoms with Gasteiger partial charge in [0.2, 0.25) is 0 Å². The molecule has 4 aromatic rings. The summed E-state index contributed by atoms with van der Waals surface area (Å²) in [4.78, 5) is 23.4. The lowest BCUT2D eigenvalue weighted by molar-refractivity contribution is 0.0981. The van der Waals surface area contributed by atoms with E-state index in [9.17, 15) is 9.18 Å². The molecule has 0 radical (unpaired) electrons. The smallest absolute Gasteiger partial charge is 0.263 e. The number of halogens is 1. The number of ether oxygens (including phenoxy) is 1. The van der Waals surface area contributed by atoms with E-state index >= 15 is 0 Å². The third kappa shape index (κ3) is 4.09. The Hall–Kier alpha value is -3.32. The van der Waals surface area contributed by atoms with Crippen LogP contribution in [-0.4, -0.2) is 22.5 Å². The first-order valence-electron chi connectivity index (χ1n) is 9.14. The summed E-state index contributed by atoms with van der Waals surface area (Å²) in [5, 5.41) is 0.491. The van der Waals surface area contributed by atoms with Crippen molar-refractivity contribution in [1.29, 1.82) is 0 Å². The Morgan fingerprint density at radius 1 is 1.17 bits per heavy atom. The topological polar surface area (TPSA) is 55.3 Å². The lowest BCUT2D eigenvalue weighted by atomic mass is 10.1. The summed E-state index contributed by atoms with van der Waals surface area (Å²) in [6, 6.07) is 15.2. The third-order valence-corrected chi connectivity index (χ3v) is 5.34. The largest absolute Gasteiger partial charge is 0.494 e. The van der Waals surface area contributed by atoms with Crippen molar-refractivity contribution >= 4 is 32.6 Å². The lowest BCUT2D eigenvalue weighted by Crippen LogP contribution is -2.31. The van der Waals surface area contributed by atoms with Gasteiger partial charge in [-0.3, -0.25) is 14.7 Å². The maximum atomic E-state index is 14.3. The number of amides is 1. The normalized spacial score (nSPS) is 10.8. The summed E-state index contributed by atoms with van der Waals surface area (Å²) in [5.74, 6) is -0.265. The number of aromatic nitrogens is 2. The van der Waals surface area contributed by atoms with Crippen molar-refractivity contribution in [3.05, 3.63) is 83.9 Å². The van der Waals surface area contributed by atoms with Crippen molar-refractivity contribution < 1.29 is 13.9 Å². The number of nitrogens with zero attached hydrogens (tertiary/aromatic N) is 3. The van der Waals surface area contributed by atoms with E-state index in [4.69, 9.17) is 4.74 Å². The molecular formula is C22H18FN3O2S. The highest BCUT2D eigenvalue weighted by atomic mass is 32.1. The highest BCUT2D eigenvalue weighted by Crippen LogP contribution is 2.33. The minimum absolute atomic E-state index is 0.00523. The summed E-state index contributed by atoms with van der Waals surface area (Å²) >= 11 is 1.36. The third-order valence-electron chi connectivity index (χ3n) is 4.30. The van der Waals surface area contributed by atoms with E-state index in [0.717, 1.165) is 21.5 Å². The van der Waals surface area contributed by atoms with Crippen LogP contribution >= 0.6 is 11.3 Å². The molecule has 0 bridgehead atoms. The van der Waals surface area contributed by atoms with Gasteiger partial charge >= 0.3 is 0 Å². The Morgan fingerprint density at radius 2 is 2.03 bits per heavy atom. The Morgan fingerprint density at radius 3 is 2.79 bits per heavy atom. The summed E-state index contributed by atoms with van der Waals surface area (Å²) in [6.07, 6.45) is 3.35. The second kappa shape index (κ2) is 8.36. The van der Waals surface area contributed by atoms with E-state index in [0.29, 0.717) is 11.7 Å². The number of carbonyl (C=O) groups is 1. The van der Waals surface area contributed by atoms with Gasteiger partial charge in [0.05, 0.1) is 28.9 Å². The van der Waals surface area contributed by atoms with E-state index in [1.807, 2.05) is 31.2 Å². The van der Waals surface area contributed by atoms with Gasteiger partial charge in [-0.25, -0.2) is 9.37 Å². The maximum absolute atomic E-state index is 14.3. The van der Waals surface area contributed by atoms with Crippen molar-refractivity contribution in [2.45, 2.75) is 13.5 Å². The van der Waals surface area contributed by atoms with Crippen molar-refractivity contribution in [3.8, 4) is 5.75 Å². The van der Waals surface area contributed by atoms with Crippen LogP contribution in [0.25, 0.3) is 10.2 Å². The van der Waals surface area contributed by atoms with Gasteiger partial charge in [0.1, 0.15) is 11.6 Å². The molecule has 4 rings (SSSR count). The molecule has 2 aromatic heterocycles. The number of rotatable bonds is 6. The molecule has 5 nitrogen and oxygen atoms in total. The second-order valence-corrected chi connectivity index (χ2v) is 7.30. The van der Waals surface area contributed by atoms with Gasteiger partial charge in [-0.1, -0.05) is 29.5 Å². The Labute approximate surface area is 171 Å². The number of carbonyl (C=O) groups excluding carboxylic acids is 1. The monoisotopic (exact) mass is 407 g/mol. The summed E-state index contributed by atoms with van der Waals surface area (Å²) in [6.45, 7) is 2.72. The zero-order valence-corrected chi connectivity index (χ0v) is 16.5. The van der Waals surface area contributed by atoms with Crippen LogP contribution in [0.4, 0.5) is 9.52 Å². The van der Waals surface area contributed by atoms with Crippen molar-refractivity contribution in [2.24, 2.45) is 0 Å². The fourth-order valence-corrected chi connectivity index (χ4v) is 3.94. The van der Waals surface area contributed by atoms with E-state index in [-0.39, 0.29) is 12.1 Å². The molecular weight excluding hydrogens is 389 g/mol. The van der Waals surface area contributed by atoms with Gasteiger partial charge in [-0.15, -0.1) is 0 Å². The molecule has 0 saturated heterocycles. The van der Waals surface area contributed by atoms with Crippen LogP contribution in [0.3, 0.4) is 0 Å². The summed E-state index contributed by atoms with van der Waals surface area (Å²) in [5.41, 5.74) is 1.59. The number of thiazole rings is 1. The van der Waals surface area contributed by atoms with Gasteiger partial charge in [0.15, 0.2) is 5.13 Å². The summed E-state index contributed by atoms with van der Waals surface area (Å²) < 4.78 is 20.7. The number of pyridine rings is 1. The molecule has 0 fully saturated rings. The Bertz CT molecular complexity index is 1150.